The molecule has 1 amide bonds. The lowest BCUT2D eigenvalue weighted by molar-refractivity contribution is -0.133. The number of likely N-dealkylation sites (N-methyl/N-ethyl adjacent to an activating group) is 1. The summed E-state index contributed by atoms with van der Waals surface area (Å²) in [5.74, 6) is 0.853. The van der Waals surface area contributed by atoms with Crippen LogP contribution in [0.5, 0.6) is 0 Å². The molecule has 1 aromatic heterocycles. The number of aliphatic hydroxyl groups is 1. The van der Waals surface area contributed by atoms with Gasteiger partial charge < -0.3 is 19.7 Å². The molecule has 1 aliphatic heterocycles. The van der Waals surface area contributed by atoms with Gasteiger partial charge in [-0.05, 0) is 12.1 Å². The number of β-amino-alcohol motifs (C(OH)–C–C–N with tert-alkyl or cyclic N) is 1. The molecule has 2 atom stereocenters. The molecule has 0 aliphatic carbocycles. The summed E-state index contributed by atoms with van der Waals surface area (Å²) in [6.45, 7) is 1.21. The molecule has 2 N–H and O–H groups in total. The van der Waals surface area contributed by atoms with Crippen LogP contribution in [-0.2, 0) is 11.2 Å². The van der Waals surface area contributed by atoms with Gasteiger partial charge in [-0.25, -0.2) is 0 Å². The Hall–Kier alpha value is -1.33. The fraction of sp³-hybridized carbons (Fsp3) is 0.583. The third-order valence-electron chi connectivity index (χ3n) is 3.21. The number of nitrogens with zero attached hydrogens (tertiary/aromatic N) is 1. The number of furan rings is 1. The Morgan fingerprint density at radius 1 is 1.65 bits per heavy atom. The molecule has 5 nitrogen and oxygen atoms in total. The van der Waals surface area contributed by atoms with Crippen molar-refractivity contribution in [2.45, 2.75) is 25.0 Å². The third-order valence-corrected chi connectivity index (χ3v) is 3.21. The molecule has 0 unspecified atom stereocenters. The molecule has 17 heavy (non-hydrogen) atoms. The van der Waals surface area contributed by atoms with E-state index in [1.54, 1.807) is 18.2 Å². The Balaban J connectivity index is 1.83. The number of rotatable bonds is 4. The average molecular weight is 238 g/mol. The minimum absolute atomic E-state index is 0.0362. The van der Waals surface area contributed by atoms with E-state index < -0.39 is 6.10 Å². The van der Waals surface area contributed by atoms with Crippen molar-refractivity contribution >= 4 is 5.91 Å². The predicted octanol–water partition coefficient (Wildman–Crippen LogP) is 0.00330. The smallest absolute Gasteiger partial charge is 0.223 e. The number of carbonyl (C=O) groups is 1. The fourth-order valence-electron chi connectivity index (χ4n) is 2.09. The van der Waals surface area contributed by atoms with Gasteiger partial charge >= 0.3 is 0 Å². The number of aryl methyl sites for hydroxylation is 1. The van der Waals surface area contributed by atoms with Crippen LogP contribution in [0.1, 0.15) is 12.2 Å². The van der Waals surface area contributed by atoms with Crippen molar-refractivity contribution in [2.24, 2.45) is 0 Å². The number of hydrogen-bond acceptors (Lipinski definition) is 4. The Morgan fingerprint density at radius 3 is 3.06 bits per heavy atom. The second-order valence-electron chi connectivity index (χ2n) is 4.38. The van der Waals surface area contributed by atoms with Crippen LogP contribution >= 0.6 is 0 Å². The number of nitrogens with one attached hydrogen (secondary N) is 1. The molecule has 1 aliphatic rings. The number of aliphatic hydroxyl groups excluding tert-OH is 1. The van der Waals surface area contributed by atoms with E-state index in [1.807, 2.05) is 12.1 Å². The van der Waals surface area contributed by atoms with Gasteiger partial charge in [-0.1, -0.05) is 0 Å². The predicted molar refractivity (Wildman–Crippen MR) is 62.5 cm³/mol. The molecule has 0 radical (unpaired) electrons. The maximum atomic E-state index is 11.9. The lowest BCUT2D eigenvalue weighted by atomic mass is 10.1. The van der Waals surface area contributed by atoms with Crippen molar-refractivity contribution in [2.75, 3.05) is 20.1 Å². The minimum atomic E-state index is -0.465. The first-order valence-electron chi connectivity index (χ1n) is 5.85. The zero-order valence-electron chi connectivity index (χ0n) is 9.93. The van der Waals surface area contributed by atoms with Crippen LogP contribution in [0, 0.1) is 0 Å². The first-order chi connectivity index (χ1) is 8.18. The summed E-state index contributed by atoms with van der Waals surface area (Å²) in [7, 11) is 1.74. The minimum Gasteiger partial charge on any atom is -0.469 e. The molecule has 2 heterocycles. The highest BCUT2D eigenvalue weighted by atomic mass is 16.3. The molecule has 0 bridgehead atoms. The van der Waals surface area contributed by atoms with Gasteiger partial charge in [-0.2, -0.15) is 0 Å². The second kappa shape index (κ2) is 5.33. The highest BCUT2D eigenvalue weighted by Crippen LogP contribution is 2.11. The summed E-state index contributed by atoms with van der Waals surface area (Å²) in [5.41, 5.74) is 0. The maximum absolute atomic E-state index is 11.9. The van der Waals surface area contributed by atoms with E-state index in [2.05, 4.69) is 5.32 Å². The Bertz CT molecular complexity index is 364. The Kier molecular flexibility index (Phi) is 3.81. The van der Waals surface area contributed by atoms with Gasteiger partial charge in [0.25, 0.3) is 0 Å². The zero-order valence-corrected chi connectivity index (χ0v) is 9.93. The Morgan fingerprint density at radius 2 is 2.47 bits per heavy atom. The molecular formula is C12H18N2O3. The van der Waals surface area contributed by atoms with E-state index >= 15 is 0 Å². The molecule has 1 saturated heterocycles. The zero-order chi connectivity index (χ0) is 12.3. The average Bonchev–Trinajstić information content (AvgIpc) is 2.95. The largest absolute Gasteiger partial charge is 0.469 e. The number of amides is 1. The highest BCUT2D eigenvalue weighted by molar-refractivity contribution is 5.76. The maximum Gasteiger partial charge on any atom is 0.223 e. The van der Waals surface area contributed by atoms with Gasteiger partial charge in [0, 0.05) is 33.0 Å². The molecule has 5 heteroatoms. The van der Waals surface area contributed by atoms with Crippen molar-refractivity contribution in [1.82, 2.24) is 10.2 Å². The van der Waals surface area contributed by atoms with E-state index in [4.69, 9.17) is 4.42 Å². The van der Waals surface area contributed by atoms with Crippen molar-refractivity contribution in [3.8, 4) is 0 Å². The van der Waals surface area contributed by atoms with Crippen LogP contribution in [0.4, 0.5) is 0 Å². The first kappa shape index (κ1) is 12.1. The fourth-order valence-corrected chi connectivity index (χ4v) is 2.09. The summed E-state index contributed by atoms with van der Waals surface area (Å²) in [5, 5.41) is 12.8. The lowest BCUT2D eigenvalue weighted by Gasteiger charge is -2.26. The van der Waals surface area contributed by atoms with Crippen LogP contribution in [0.25, 0.3) is 0 Å². The second-order valence-corrected chi connectivity index (χ2v) is 4.38. The van der Waals surface area contributed by atoms with Crippen LogP contribution in [-0.4, -0.2) is 48.2 Å². The highest BCUT2D eigenvalue weighted by Gasteiger charge is 2.30. The van der Waals surface area contributed by atoms with Crippen LogP contribution in [0.2, 0.25) is 0 Å². The first-order valence-corrected chi connectivity index (χ1v) is 5.85. The summed E-state index contributed by atoms with van der Waals surface area (Å²) in [6, 6.07) is 3.56. The number of hydrogen-bond donors (Lipinski definition) is 2. The topological polar surface area (TPSA) is 65.7 Å². The summed E-state index contributed by atoms with van der Waals surface area (Å²) < 4.78 is 5.18. The SMILES string of the molecule is CN(C(=O)CCc1ccco1)[C@@H]1CNC[C@H]1O. The van der Waals surface area contributed by atoms with Gasteiger partial charge in [0.2, 0.25) is 5.91 Å². The Labute approximate surface area is 100 Å². The van der Waals surface area contributed by atoms with E-state index in [-0.39, 0.29) is 11.9 Å². The molecule has 0 aromatic carbocycles. The lowest BCUT2D eigenvalue weighted by Crippen LogP contribution is -2.44. The van der Waals surface area contributed by atoms with Crippen molar-refractivity contribution in [3.05, 3.63) is 24.2 Å². The van der Waals surface area contributed by atoms with E-state index in [9.17, 15) is 9.90 Å². The molecular weight excluding hydrogens is 220 g/mol. The van der Waals surface area contributed by atoms with Gasteiger partial charge in [0.05, 0.1) is 18.4 Å². The van der Waals surface area contributed by atoms with Crippen molar-refractivity contribution < 1.29 is 14.3 Å². The van der Waals surface area contributed by atoms with Gasteiger partial charge in [0.1, 0.15) is 5.76 Å². The standard InChI is InChI=1S/C12H18N2O3/c1-14(10-7-13-8-11(10)15)12(16)5-4-9-3-2-6-17-9/h2-3,6,10-11,13,15H,4-5,7-8H2,1H3/t10-,11-/m1/s1. The third kappa shape index (κ3) is 2.87. The van der Waals surface area contributed by atoms with Crippen molar-refractivity contribution in [1.29, 1.82) is 0 Å². The summed E-state index contributed by atoms with van der Waals surface area (Å²) >= 11 is 0. The van der Waals surface area contributed by atoms with Crippen LogP contribution in [0.3, 0.4) is 0 Å². The molecule has 1 fully saturated rings. The van der Waals surface area contributed by atoms with E-state index in [0.29, 0.717) is 25.9 Å². The molecule has 2 rings (SSSR count). The molecule has 94 valence electrons. The van der Waals surface area contributed by atoms with Gasteiger partial charge in [-0.3, -0.25) is 4.79 Å². The normalized spacial score (nSPS) is 23.9. The molecule has 0 saturated carbocycles. The van der Waals surface area contributed by atoms with E-state index in [0.717, 1.165) is 5.76 Å². The van der Waals surface area contributed by atoms with Gasteiger partial charge in [-0.15, -0.1) is 0 Å². The van der Waals surface area contributed by atoms with Crippen LogP contribution < -0.4 is 5.32 Å². The van der Waals surface area contributed by atoms with E-state index in [1.165, 1.54) is 0 Å². The quantitative estimate of drug-likeness (QED) is 0.775. The van der Waals surface area contributed by atoms with Crippen LogP contribution in [0.15, 0.2) is 22.8 Å². The summed E-state index contributed by atoms with van der Waals surface area (Å²) in [4.78, 5) is 13.5. The molecule has 0 spiro atoms. The molecule has 1 aromatic rings. The number of carbonyl (C=O) groups excluding carboxylic acids is 1. The summed E-state index contributed by atoms with van der Waals surface area (Å²) in [6.07, 6.45) is 2.15. The van der Waals surface area contributed by atoms with Gasteiger partial charge in [0.15, 0.2) is 0 Å². The van der Waals surface area contributed by atoms with Crippen molar-refractivity contribution in [3.63, 3.8) is 0 Å². The monoisotopic (exact) mass is 238 g/mol.